The predicted molar refractivity (Wildman–Crippen MR) is 81.4 cm³/mol. The van der Waals surface area contributed by atoms with Gasteiger partial charge in [0.05, 0.1) is 12.2 Å². The number of unbranched alkanes of at least 4 members (excludes halogenated alkanes) is 2. The van der Waals surface area contributed by atoms with E-state index in [1.54, 1.807) is 24.3 Å². The average Bonchev–Trinajstić information content (AvgIpc) is 2.54. The van der Waals surface area contributed by atoms with Crippen LogP contribution in [0, 0.1) is 0 Å². The lowest BCUT2D eigenvalue weighted by Gasteiger charge is -2.07. The van der Waals surface area contributed by atoms with Crippen LogP contribution in [0.1, 0.15) is 36.5 Å². The fraction of sp³-hybridized carbons (Fsp3) is 0.294. The van der Waals surface area contributed by atoms with Crippen LogP contribution in [0.25, 0.3) is 0 Å². The second-order valence-electron chi connectivity index (χ2n) is 4.76. The van der Waals surface area contributed by atoms with Gasteiger partial charge >= 0.3 is 11.6 Å². The SMILES string of the molecule is CCCCCOc1ccc(C(=O)Oc2ccc(=O)oc2)cc1. The Balaban J connectivity index is 1.90. The Morgan fingerprint density at radius 2 is 1.77 bits per heavy atom. The van der Waals surface area contributed by atoms with Crippen molar-refractivity contribution in [2.24, 2.45) is 0 Å². The lowest BCUT2D eigenvalue weighted by molar-refractivity contribution is 0.0730. The monoisotopic (exact) mass is 302 g/mol. The number of ether oxygens (including phenoxy) is 2. The van der Waals surface area contributed by atoms with Gasteiger partial charge in [0.25, 0.3) is 0 Å². The Morgan fingerprint density at radius 1 is 1.05 bits per heavy atom. The molecule has 0 saturated carbocycles. The highest BCUT2D eigenvalue weighted by Gasteiger charge is 2.09. The van der Waals surface area contributed by atoms with Crippen LogP contribution in [0.3, 0.4) is 0 Å². The first-order valence-corrected chi connectivity index (χ1v) is 7.23. The van der Waals surface area contributed by atoms with Gasteiger partial charge in [-0.15, -0.1) is 0 Å². The van der Waals surface area contributed by atoms with Gasteiger partial charge in [-0.3, -0.25) is 0 Å². The number of esters is 1. The lowest BCUT2D eigenvalue weighted by Crippen LogP contribution is -2.09. The number of carbonyl (C=O) groups is 1. The summed E-state index contributed by atoms with van der Waals surface area (Å²) in [7, 11) is 0. The highest BCUT2D eigenvalue weighted by atomic mass is 16.5. The van der Waals surface area contributed by atoms with Gasteiger partial charge in [0, 0.05) is 6.07 Å². The van der Waals surface area contributed by atoms with Crippen molar-refractivity contribution < 1.29 is 18.7 Å². The first-order valence-electron chi connectivity index (χ1n) is 7.23. The molecule has 1 aromatic heterocycles. The zero-order valence-corrected chi connectivity index (χ0v) is 12.4. The molecule has 0 spiro atoms. The average molecular weight is 302 g/mol. The molecular formula is C17H18O5. The van der Waals surface area contributed by atoms with E-state index in [0.717, 1.165) is 31.3 Å². The van der Waals surface area contributed by atoms with E-state index >= 15 is 0 Å². The molecule has 0 amide bonds. The summed E-state index contributed by atoms with van der Waals surface area (Å²) in [6, 6.07) is 9.30. The van der Waals surface area contributed by atoms with E-state index in [1.807, 2.05) is 0 Å². The normalized spacial score (nSPS) is 10.2. The number of benzene rings is 1. The van der Waals surface area contributed by atoms with Crippen molar-refractivity contribution >= 4 is 5.97 Å². The van der Waals surface area contributed by atoms with Gasteiger partial charge in [-0.2, -0.15) is 0 Å². The number of rotatable bonds is 7. The number of hydrogen-bond acceptors (Lipinski definition) is 5. The summed E-state index contributed by atoms with van der Waals surface area (Å²) >= 11 is 0. The maximum Gasteiger partial charge on any atom is 0.343 e. The van der Waals surface area contributed by atoms with E-state index in [0.29, 0.717) is 12.2 Å². The van der Waals surface area contributed by atoms with Crippen LogP contribution in [0.4, 0.5) is 0 Å². The maximum absolute atomic E-state index is 11.9. The van der Waals surface area contributed by atoms with Crippen LogP contribution >= 0.6 is 0 Å². The fourth-order valence-electron chi connectivity index (χ4n) is 1.80. The summed E-state index contributed by atoms with van der Waals surface area (Å²) in [5, 5.41) is 0. The first-order chi connectivity index (χ1) is 10.7. The second-order valence-corrected chi connectivity index (χ2v) is 4.76. The molecule has 2 aromatic rings. The molecule has 0 aliphatic carbocycles. The quantitative estimate of drug-likeness (QED) is 0.579. The zero-order chi connectivity index (χ0) is 15.8. The molecule has 2 rings (SSSR count). The van der Waals surface area contributed by atoms with E-state index < -0.39 is 11.6 Å². The van der Waals surface area contributed by atoms with Crippen molar-refractivity contribution in [3.05, 3.63) is 58.6 Å². The van der Waals surface area contributed by atoms with Crippen molar-refractivity contribution in [3.63, 3.8) is 0 Å². The van der Waals surface area contributed by atoms with Gasteiger partial charge in [0.15, 0.2) is 5.75 Å². The van der Waals surface area contributed by atoms with Crippen LogP contribution in [-0.4, -0.2) is 12.6 Å². The van der Waals surface area contributed by atoms with Crippen LogP contribution in [0.5, 0.6) is 11.5 Å². The Labute approximate surface area is 128 Å². The highest BCUT2D eigenvalue weighted by Crippen LogP contribution is 2.15. The molecule has 1 heterocycles. The van der Waals surface area contributed by atoms with Crippen LogP contribution < -0.4 is 15.1 Å². The molecule has 0 aliphatic rings. The molecule has 116 valence electrons. The number of carbonyl (C=O) groups excluding carboxylic acids is 1. The fourth-order valence-corrected chi connectivity index (χ4v) is 1.80. The Hall–Kier alpha value is -2.56. The largest absolute Gasteiger partial charge is 0.494 e. The first kappa shape index (κ1) is 15.8. The molecular weight excluding hydrogens is 284 g/mol. The minimum atomic E-state index is -0.522. The van der Waals surface area contributed by atoms with Crippen molar-refractivity contribution in [3.8, 4) is 11.5 Å². The zero-order valence-electron chi connectivity index (χ0n) is 12.4. The summed E-state index contributed by atoms with van der Waals surface area (Å²) in [5.74, 6) is 0.384. The van der Waals surface area contributed by atoms with Gasteiger partial charge in [0.1, 0.15) is 12.0 Å². The topological polar surface area (TPSA) is 65.7 Å². The molecule has 0 aliphatic heterocycles. The molecule has 0 saturated heterocycles. The second kappa shape index (κ2) is 8.02. The van der Waals surface area contributed by atoms with Crippen LogP contribution in [0.15, 0.2) is 51.9 Å². The Kier molecular flexibility index (Phi) is 5.77. The summed E-state index contributed by atoms with van der Waals surface area (Å²) in [5.41, 5.74) is -0.100. The van der Waals surface area contributed by atoms with E-state index in [4.69, 9.17) is 9.47 Å². The van der Waals surface area contributed by atoms with Crippen molar-refractivity contribution in [2.75, 3.05) is 6.61 Å². The maximum atomic E-state index is 11.9. The smallest absolute Gasteiger partial charge is 0.343 e. The standard InChI is InChI=1S/C17H18O5/c1-2-3-4-11-20-14-7-5-13(6-8-14)17(19)22-15-9-10-16(18)21-12-15/h5-10,12H,2-4,11H2,1H3. The van der Waals surface area contributed by atoms with Gasteiger partial charge in [-0.25, -0.2) is 9.59 Å². The van der Waals surface area contributed by atoms with Crippen molar-refractivity contribution in [1.29, 1.82) is 0 Å². The summed E-state index contributed by atoms with van der Waals surface area (Å²) < 4.78 is 15.3. The third kappa shape index (κ3) is 4.77. The van der Waals surface area contributed by atoms with Gasteiger partial charge in [-0.05, 0) is 36.8 Å². The van der Waals surface area contributed by atoms with Crippen LogP contribution in [0.2, 0.25) is 0 Å². The summed E-state index contributed by atoms with van der Waals surface area (Å²) in [6.45, 7) is 2.80. The van der Waals surface area contributed by atoms with Gasteiger partial charge in [0.2, 0.25) is 0 Å². The van der Waals surface area contributed by atoms with Gasteiger partial charge in [-0.1, -0.05) is 19.8 Å². The van der Waals surface area contributed by atoms with Gasteiger partial charge < -0.3 is 13.9 Å². The molecule has 0 N–H and O–H groups in total. The predicted octanol–water partition coefficient (Wildman–Crippen LogP) is 3.43. The third-order valence-electron chi connectivity index (χ3n) is 2.99. The van der Waals surface area contributed by atoms with Crippen LogP contribution in [-0.2, 0) is 0 Å². The minimum Gasteiger partial charge on any atom is -0.494 e. The van der Waals surface area contributed by atoms with Crippen molar-refractivity contribution in [1.82, 2.24) is 0 Å². The molecule has 0 atom stereocenters. The third-order valence-corrected chi connectivity index (χ3v) is 2.99. The molecule has 0 fully saturated rings. The summed E-state index contributed by atoms with van der Waals surface area (Å²) in [6.07, 6.45) is 4.40. The molecule has 1 aromatic carbocycles. The van der Waals surface area contributed by atoms with E-state index in [1.165, 1.54) is 12.1 Å². The molecule has 0 radical (unpaired) electrons. The summed E-state index contributed by atoms with van der Waals surface area (Å²) in [4.78, 5) is 22.7. The van der Waals surface area contributed by atoms with Crippen molar-refractivity contribution in [2.45, 2.75) is 26.2 Å². The lowest BCUT2D eigenvalue weighted by atomic mass is 10.2. The van der Waals surface area contributed by atoms with E-state index in [-0.39, 0.29) is 5.75 Å². The highest BCUT2D eigenvalue weighted by molar-refractivity contribution is 5.91. The molecule has 0 unspecified atom stereocenters. The molecule has 22 heavy (non-hydrogen) atoms. The Morgan fingerprint density at radius 3 is 2.41 bits per heavy atom. The van der Waals surface area contributed by atoms with E-state index in [2.05, 4.69) is 11.3 Å². The van der Waals surface area contributed by atoms with E-state index in [9.17, 15) is 9.59 Å². The molecule has 5 nitrogen and oxygen atoms in total. The molecule has 5 heteroatoms. The number of hydrogen-bond donors (Lipinski definition) is 0. The minimum absolute atomic E-state index is 0.185. The Bertz CT molecular complexity index is 637. The molecule has 0 bridgehead atoms.